The van der Waals surface area contributed by atoms with E-state index in [1.54, 1.807) is 25.0 Å². The van der Waals surface area contributed by atoms with Crippen LogP contribution in [0.5, 0.6) is 5.75 Å². The first-order chi connectivity index (χ1) is 14.7. The third-order valence-corrected chi connectivity index (χ3v) is 4.95. The molecule has 0 saturated heterocycles. The number of esters is 1. The van der Waals surface area contributed by atoms with Crippen LogP contribution in [-0.2, 0) is 11.3 Å². The fraction of sp³-hybridized carbons (Fsp3) is 0.350. The van der Waals surface area contributed by atoms with Gasteiger partial charge in [-0.05, 0) is 13.3 Å². The molecule has 0 fully saturated rings. The summed E-state index contributed by atoms with van der Waals surface area (Å²) in [6.45, 7) is 3.55. The van der Waals surface area contributed by atoms with Gasteiger partial charge in [-0.3, -0.25) is 0 Å². The number of halogens is 5. The molecule has 0 aliphatic rings. The van der Waals surface area contributed by atoms with Gasteiger partial charge in [0.05, 0.1) is 12.4 Å². The van der Waals surface area contributed by atoms with Crippen molar-refractivity contribution in [1.29, 1.82) is 0 Å². The number of aromatic nitrogens is 4. The van der Waals surface area contributed by atoms with Gasteiger partial charge in [-0.25, -0.2) is 32.1 Å². The summed E-state index contributed by atoms with van der Waals surface area (Å²) in [6.07, 6.45) is 11.8. The Balaban J connectivity index is 1.67. The molecule has 2 heterocycles. The summed E-state index contributed by atoms with van der Waals surface area (Å²) in [4.78, 5) is 16.1. The van der Waals surface area contributed by atoms with E-state index in [1.807, 2.05) is 22.3 Å². The highest BCUT2D eigenvalue weighted by molar-refractivity contribution is 5.71. The quantitative estimate of drug-likeness (QED) is 0.133. The van der Waals surface area contributed by atoms with E-state index >= 15 is 0 Å². The number of hydrogen-bond donors (Lipinski definition) is 0. The Hall–Kier alpha value is -3.24. The lowest BCUT2D eigenvalue weighted by atomic mass is 10.1. The second kappa shape index (κ2) is 9.27. The molecule has 0 radical (unpaired) electrons. The number of rotatable bonds is 8. The highest BCUT2D eigenvalue weighted by Gasteiger charge is 2.29. The van der Waals surface area contributed by atoms with Crippen molar-refractivity contribution in [3.8, 4) is 5.75 Å². The number of carbonyl (C=O) groups excluding carboxylic acids is 1. The molecular weight excluding hydrogens is 423 g/mol. The summed E-state index contributed by atoms with van der Waals surface area (Å²) in [7, 11) is 0. The molecule has 0 saturated carbocycles. The van der Waals surface area contributed by atoms with Crippen molar-refractivity contribution in [3.63, 3.8) is 0 Å². The molecule has 0 bridgehead atoms. The van der Waals surface area contributed by atoms with Gasteiger partial charge in [0.2, 0.25) is 41.2 Å². The Morgan fingerprint density at radius 1 is 1.06 bits per heavy atom. The monoisotopic (exact) mass is 443 g/mol. The molecule has 0 aliphatic heterocycles. The minimum atomic E-state index is -2.32. The van der Waals surface area contributed by atoms with Crippen LogP contribution in [-0.4, -0.2) is 20.1 Å². The number of carbonyl (C=O) groups is 1. The van der Waals surface area contributed by atoms with Gasteiger partial charge in [-0.15, -0.1) is 0 Å². The van der Waals surface area contributed by atoms with Crippen molar-refractivity contribution < 1.29 is 36.1 Å². The Kier molecular flexibility index (Phi) is 6.71. The van der Waals surface area contributed by atoms with Crippen LogP contribution >= 0.6 is 0 Å². The Morgan fingerprint density at radius 3 is 2.29 bits per heavy atom. The van der Waals surface area contributed by atoms with E-state index in [2.05, 4.69) is 16.6 Å². The summed E-state index contributed by atoms with van der Waals surface area (Å²) < 4.78 is 76.6. The molecule has 1 aromatic carbocycles. The molecule has 0 aliphatic carbocycles. The van der Waals surface area contributed by atoms with Crippen molar-refractivity contribution in [2.24, 2.45) is 0 Å². The highest BCUT2D eigenvalue weighted by Crippen LogP contribution is 2.29. The van der Waals surface area contributed by atoms with Crippen LogP contribution in [0, 0.1) is 29.1 Å². The summed E-state index contributed by atoms with van der Waals surface area (Å²) in [6, 6.07) is 0.257. The highest BCUT2D eigenvalue weighted by atomic mass is 19.2. The first kappa shape index (κ1) is 22.4. The Morgan fingerprint density at radius 2 is 1.71 bits per heavy atom. The van der Waals surface area contributed by atoms with Crippen molar-refractivity contribution >= 4 is 5.97 Å². The van der Waals surface area contributed by atoms with Gasteiger partial charge < -0.3 is 9.30 Å². The second-order valence-corrected chi connectivity index (χ2v) is 7.06. The van der Waals surface area contributed by atoms with Crippen molar-refractivity contribution in [3.05, 3.63) is 66.5 Å². The van der Waals surface area contributed by atoms with Crippen LogP contribution in [0.3, 0.4) is 0 Å². The van der Waals surface area contributed by atoms with Gasteiger partial charge in [0.25, 0.3) is 0 Å². The first-order valence-electron chi connectivity index (χ1n) is 9.48. The molecule has 31 heavy (non-hydrogen) atoms. The summed E-state index contributed by atoms with van der Waals surface area (Å²) in [5.74, 6) is -13.9. The first-order valence-corrected chi connectivity index (χ1v) is 9.48. The van der Waals surface area contributed by atoms with Gasteiger partial charge in [0, 0.05) is 24.9 Å². The van der Waals surface area contributed by atoms with Gasteiger partial charge in [0.1, 0.15) is 12.4 Å². The zero-order chi connectivity index (χ0) is 22.7. The van der Waals surface area contributed by atoms with Gasteiger partial charge >= 0.3 is 5.97 Å². The van der Waals surface area contributed by atoms with E-state index < -0.39 is 47.3 Å². The molecule has 166 valence electrons. The lowest BCUT2D eigenvalue weighted by molar-refractivity contribution is -0.685. The van der Waals surface area contributed by atoms with Crippen LogP contribution in [0.2, 0.25) is 0 Å². The zero-order valence-corrected chi connectivity index (χ0v) is 16.7. The predicted molar refractivity (Wildman–Crippen MR) is 97.4 cm³/mol. The number of benzene rings is 1. The number of nitrogens with zero attached hydrogens (tertiary/aromatic N) is 4. The molecule has 0 spiro atoms. The van der Waals surface area contributed by atoms with Crippen molar-refractivity contribution in [1.82, 2.24) is 14.1 Å². The maximum absolute atomic E-state index is 13.7. The van der Waals surface area contributed by atoms with E-state index in [0.717, 1.165) is 12.8 Å². The smallest absolute Gasteiger partial charge is 0.354 e. The standard InChI is InChI=1S/C20H20F5N4O2/c1-3-13(28-5-4-26-10-28)8-12(2)29-7-6-27(11-29)9-14(30)31-20-18(24)16(22)15(21)17(23)19(20)25/h4-7,10-13H,3,8-9H2,1-2H3/q+1. The van der Waals surface area contributed by atoms with E-state index in [0.29, 0.717) is 0 Å². The molecule has 2 atom stereocenters. The normalized spacial score (nSPS) is 13.3. The van der Waals surface area contributed by atoms with Gasteiger partial charge in [-0.1, -0.05) is 6.92 Å². The minimum Gasteiger partial charge on any atom is -0.417 e. The maximum Gasteiger partial charge on any atom is 0.354 e. The summed E-state index contributed by atoms with van der Waals surface area (Å²) in [5.41, 5.74) is 0. The van der Waals surface area contributed by atoms with E-state index in [4.69, 9.17) is 0 Å². The van der Waals surface area contributed by atoms with Crippen molar-refractivity contribution in [2.45, 2.75) is 45.3 Å². The Bertz CT molecular complexity index is 1040. The minimum absolute atomic E-state index is 0.0415. The summed E-state index contributed by atoms with van der Waals surface area (Å²) >= 11 is 0. The molecule has 2 aromatic heterocycles. The second-order valence-electron chi connectivity index (χ2n) is 7.06. The van der Waals surface area contributed by atoms with Gasteiger partial charge in [-0.2, -0.15) is 8.78 Å². The molecule has 0 amide bonds. The third-order valence-electron chi connectivity index (χ3n) is 4.95. The molecule has 0 N–H and O–H groups in total. The lowest BCUT2D eigenvalue weighted by Crippen LogP contribution is -2.38. The number of hydrogen-bond acceptors (Lipinski definition) is 3. The fourth-order valence-corrected chi connectivity index (χ4v) is 3.23. The van der Waals surface area contributed by atoms with Crippen LogP contribution in [0.4, 0.5) is 22.0 Å². The molecule has 6 nitrogen and oxygen atoms in total. The molecule has 2 unspecified atom stereocenters. The molecular formula is C20H20F5N4O2+. The number of imidazole rings is 2. The van der Waals surface area contributed by atoms with Crippen molar-refractivity contribution in [2.75, 3.05) is 0 Å². The van der Waals surface area contributed by atoms with Gasteiger partial charge in [0.15, 0.2) is 6.54 Å². The average Bonchev–Trinajstić information content (AvgIpc) is 3.44. The molecule has 3 rings (SSSR count). The lowest BCUT2D eigenvalue weighted by Gasteiger charge is -2.19. The van der Waals surface area contributed by atoms with E-state index in [-0.39, 0.29) is 12.1 Å². The summed E-state index contributed by atoms with van der Waals surface area (Å²) in [5, 5.41) is 0. The van der Waals surface area contributed by atoms with Crippen LogP contribution in [0.1, 0.15) is 38.8 Å². The topological polar surface area (TPSA) is 52.9 Å². The predicted octanol–water partition coefficient (Wildman–Crippen LogP) is 3.88. The van der Waals surface area contributed by atoms with Crippen LogP contribution in [0.15, 0.2) is 37.4 Å². The number of ether oxygens (including phenoxy) is 1. The third kappa shape index (κ3) is 4.75. The van der Waals surface area contributed by atoms with E-state index in [1.165, 1.54) is 10.8 Å². The zero-order valence-electron chi connectivity index (χ0n) is 16.7. The van der Waals surface area contributed by atoms with Crippen LogP contribution < -0.4 is 9.30 Å². The van der Waals surface area contributed by atoms with Crippen LogP contribution in [0.25, 0.3) is 0 Å². The average molecular weight is 443 g/mol. The molecule has 3 aromatic rings. The Labute approximate surface area is 174 Å². The SMILES string of the molecule is CCC(CC(C)n1cc[n+](CC(=O)Oc2c(F)c(F)c(F)c(F)c2F)c1)n1ccnc1. The van der Waals surface area contributed by atoms with E-state index in [9.17, 15) is 26.7 Å². The molecule has 11 heteroatoms. The fourth-order valence-electron chi connectivity index (χ4n) is 3.23. The largest absolute Gasteiger partial charge is 0.417 e. The maximum atomic E-state index is 13.7.